The zero-order valence-electron chi connectivity index (χ0n) is 13.7. The van der Waals surface area contributed by atoms with Crippen molar-refractivity contribution in [3.63, 3.8) is 0 Å². The van der Waals surface area contributed by atoms with Gasteiger partial charge in [0.05, 0.1) is 19.9 Å². The summed E-state index contributed by atoms with van der Waals surface area (Å²) in [6, 6.07) is 5.50. The smallest absolute Gasteiger partial charge is 0.358 e. The van der Waals surface area contributed by atoms with Gasteiger partial charge in [-0.3, -0.25) is 0 Å². The third kappa shape index (κ3) is 3.80. The van der Waals surface area contributed by atoms with E-state index in [4.69, 9.17) is 9.47 Å². The van der Waals surface area contributed by atoms with Gasteiger partial charge in [-0.1, -0.05) is 25.1 Å². The number of methoxy groups -OCH3 is 2. The summed E-state index contributed by atoms with van der Waals surface area (Å²) in [6.45, 7) is 4.70. The van der Waals surface area contributed by atoms with E-state index < -0.39 is 5.97 Å². The lowest BCUT2D eigenvalue weighted by atomic mass is 10.1. The van der Waals surface area contributed by atoms with Crippen LogP contribution >= 0.6 is 0 Å². The fraction of sp³-hybridized carbons (Fsp3) is 0.438. The zero-order valence-corrected chi connectivity index (χ0v) is 13.7. The van der Waals surface area contributed by atoms with Crippen LogP contribution in [0.2, 0.25) is 0 Å². The molecular weight excluding hydrogens is 298 g/mol. The topological polar surface area (TPSA) is 86.5 Å². The minimum atomic E-state index is -1.07. The first-order chi connectivity index (χ1) is 11.0. The van der Waals surface area contributed by atoms with Crippen LogP contribution in [0.3, 0.4) is 0 Å². The molecule has 0 radical (unpaired) electrons. The molecule has 2 aromatic rings. The van der Waals surface area contributed by atoms with E-state index in [1.54, 1.807) is 25.0 Å². The number of nitrogens with zero attached hydrogens (tertiary/aromatic N) is 3. The lowest BCUT2D eigenvalue weighted by Crippen LogP contribution is -2.12. The highest BCUT2D eigenvalue weighted by Gasteiger charge is 2.20. The van der Waals surface area contributed by atoms with Gasteiger partial charge in [0, 0.05) is 13.0 Å². The summed E-state index contributed by atoms with van der Waals surface area (Å²) in [7, 11) is 3.14. The van der Waals surface area contributed by atoms with Gasteiger partial charge in [-0.15, -0.1) is 5.10 Å². The molecule has 0 amide bonds. The van der Waals surface area contributed by atoms with Gasteiger partial charge in [0.25, 0.3) is 0 Å². The number of carboxylic acid groups (broad SMARTS) is 1. The minimum Gasteiger partial charge on any atom is -0.493 e. The molecule has 124 valence electrons. The lowest BCUT2D eigenvalue weighted by molar-refractivity contribution is 0.0689. The summed E-state index contributed by atoms with van der Waals surface area (Å²) in [5.41, 5.74) is 1.47. The quantitative estimate of drug-likeness (QED) is 0.842. The largest absolute Gasteiger partial charge is 0.493 e. The van der Waals surface area contributed by atoms with Gasteiger partial charge in [0.2, 0.25) is 0 Å². The second-order valence-corrected chi connectivity index (χ2v) is 5.63. The van der Waals surface area contributed by atoms with Crippen LogP contribution in [0.5, 0.6) is 11.5 Å². The highest BCUT2D eigenvalue weighted by molar-refractivity contribution is 5.86. The molecule has 7 nitrogen and oxygen atoms in total. The summed E-state index contributed by atoms with van der Waals surface area (Å²) >= 11 is 0. The van der Waals surface area contributed by atoms with Crippen molar-refractivity contribution in [3.8, 4) is 11.5 Å². The molecule has 1 aromatic carbocycles. The standard InChI is InChI=1S/C16H21N3O4/c1-10(2)9-19-12(15(16(20)21)17-18-19)7-11-5-6-13(22-3)14(8-11)23-4/h5-6,8,10H,7,9H2,1-4H3,(H,20,21). The molecule has 0 atom stereocenters. The zero-order chi connectivity index (χ0) is 17.0. The normalized spacial score (nSPS) is 10.8. The lowest BCUT2D eigenvalue weighted by Gasteiger charge is -2.12. The molecule has 1 N–H and O–H groups in total. The Hall–Kier alpha value is -2.57. The van der Waals surface area contributed by atoms with E-state index in [0.717, 1.165) is 5.56 Å². The molecule has 1 aromatic heterocycles. The van der Waals surface area contributed by atoms with Crippen LogP contribution in [0.25, 0.3) is 0 Å². The van der Waals surface area contributed by atoms with Gasteiger partial charge in [0.1, 0.15) is 0 Å². The van der Waals surface area contributed by atoms with Crippen LogP contribution in [0.15, 0.2) is 18.2 Å². The predicted octanol–water partition coefficient (Wildman–Crippen LogP) is 2.24. The van der Waals surface area contributed by atoms with Crippen molar-refractivity contribution in [2.45, 2.75) is 26.8 Å². The highest BCUT2D eigenvalue weighted by atomic mass is 16.5. The first-order valence-electron chi connectivity index (χ1n) is 7.32. The molecule has 0 fully saturated rings. The number of hydrogen-bond acceptors (Lipinski definition) is 5. The molecule has 0 unspecified atom stereocenters. The SMILES string of the molecule is COc1ccc(Cc2c(C(=O)O)nnn2CC(C)C)cc1OC. The number of aromatic nitrogens is 3. The van der Waals surface area contributed by atoms with E-state index in [-0.39, 0.29) is 5.69 Å². The average Bonchev–Trinajstić information content (AvgIpc) is 2.89. The Balaban J connectivity index is 2.38. The third-order valence-electron chi connectivity index (χ3n) is 3.40. The number of benzene rings is 1. The van der Waals surface area contributed by atoms with Crippen LogP contribution in [0.1, 0.15) is 35.6 Å². The number of aromatic carboxylic acids is 1. The van der Waals surface area contributed by atoms with E-state index in [9.17, 15) is 9.90 Å². The number of carbonyl (C=O) groups is 1. The van der Waals surface area contributed by atoms with E-state index in [1.165, 1.54) is 0 Å². The molecule has 1 heterocycles. The van der Waals surface area contributed by atoms with Crippen molar-refractivity contribution in [2.24, 2.45) is 5.92 Å². The van der Waals surface area contributed by atoms with E-state index >= 15 is 0 Å². The maximum Gasteiger partial charge on any atom is 0.358 e. The van der Waals surface area contributed by atoms with Crippen molar-refractivity contribution in [1.82, 2.24) is 15.0 Å². The number of hydrogen-bond donors (Lipinski definition) is 1. The van der Waals surface area contributed by atoms with Gasteiger partial charge in [0.15, 0.2) is 17.2 Å². The monoisotopic (exact) mass is 319 g/mol. The molecule has 23 heavy (non-hydrogen) atoms. The summed E-state index contributed by atoms with van der Waals surface area (Å²) in [5.74, 6) is 0.492. The first-order valence-corrected chi connectivity index (χ1v) is 7.32. The summed E-state index contributed by atoms with van der Waals surface area (Å²) < 4.78 is 12.2. The van der Waals surface area contributed by atoms with Crippen molar-refractivity contribution in [3.05, 3.63) is 35.2 Å². The maximum atomic E-state index is 11.4. The minimum absolute atomic E-state index is 0.0135. The van der Waals surface area contributed by atoms with E-state index in [0.29, 0.717) is 36.1 Å². The number of ether oxygens (including phenoxy) is 2. The van der Waals surface area contributed by atoms with E-state index in [1.807, 2.05) is 26.0 Å². The van der Waals surface area contributed by atoms with E-state index in [2.05, 4.69) is 10.3 Å². The Morgan fingerprint density at radius 1 is 1.26 bits per heavy atom. The molecule has 0 aliphatic rings. The second-order valence-electron chi connectivity index (χ2n) is 5.63. The van der Waals surface area contributed by atoms with Crippen LogP contribution < -0.4 is 9.47 Å². The highest BCUT2D eigenvalue weighted by Crippen LogP contribution is 2.28. The van der Waals surface area contributed by atoms with Gasteiger partial charge in [-0.2, -0.15) is 0 Å². The van der Waals surface area contributed by atoms with Crippen molar-refractivity contribution < 1.29 is 19.4 Å². The summed E-state index contributed by atoms with van der Waals surface area (Å²) in [5, 5.41) is 17.1. The van der Waals surface area contributed by atoms with Crippen LogP contribution in [-0.2, 0) is 13.0 Å². The fourth-order valence-electron chi connectivity index (χ4n) is 2.35. The van der Waals surface area contributed by atoms with Crippen LogP contribution in [0, 0.1) is 5.92 Å². The molecule has 0 spiro atoms. The van der Waals surface area contributed by atoms with Gasteiger partial charge >= 0.3 is 5.97 Å². The first kappa shape index (κ1) is 16.8. The van der Waals surface area contributed by atoms with Gasteiger partial charge < -0.3 is 14.6 Å². The molecule has 7 heteroatoms. The Labute approximate surface area is 134 Å². The number of rotatable bonds is 7. The van der Waals surface area contributed by atoms with Crippen molar-refractivity contribution in [1.29, 1.82) is 0 Å². The molecule has 0 aliphatic heterocycles. The summed E-state index contributed by atoms with van der Waals surface area (Å²) in [6.07, 6.45) is 0.404. The molecule has 2 rings (SSSR count). The van der Waals surface area contributed by atoms with Crippen molar-refractivity contribution in [2.75, 3.05) is 14.2 Å². The Morgan fingerprint density at radius 3 is 2.52 bits per heavy atom. The predicted molar refractivity (Wildman–Crippen MR) is 84.2 cm³/mol. The molecule has 0 saturated carbocycles. The average molecular weight is 319 g/mol. The Bertz CT molecular complexity index is 695. The molecule has 0 saturated heterocycles. The fourth-order valence-corrected chi connectivity index (χ4v) is 2.35. The van der Waals surface area contributed by atoms with Crippen LogP contribution in [0.4, 0.5) is 0 Å². The van der Waals surface area contributed by atoms with Crippen LogP contribution in [-0.4, -0.2) is 40.3 Å². The third-order valence-corrected chi connectivity index (χ3v) is 3.40. The molecular formula is C16H21N3O4. The number of carboxylic acids is 1. The Kier molecular flexibility index (Phi) is 5.20. The van der Waals surface area contributed by atoms with Gasteiger partial charge in [-0.05, 0) is 23.6 Å². The van der Waals surface area contributed by atoms with Crippen molar-refractivity contribution >= 4 is 5.97 Å². The summed E-state index contributed by atoms with van der Waals surface area (Å²) in [4.78, 5) is 11.4. The van der Waals surface area contributed by atoms with Gasteiger partial charge in [-0.25, -0.2) is 9.48 Å². The molecule has 0 bridgehead atoms. The maximum absolute atomic E-state index is 11.4. The molecule has 0 aliphatic carbocycles. The second kappa shape index (κ2) is 7.13. The Morgan fingerprint density at radius 2 is 1.96 bits per heavy atom.